The zero-order valence-corrected chi connectivity index (χ0v) is 42.8. The summed E-state index contributed by atoms with van der Waals surface area (Å²) in [6.45, 7) is 13.7. The van der Waals surface area contributed by atoms with Gasteiger partial charge in [-0.2, -0.15) is 0 Å². The highest BCUT2D eigenvalue weighted by Crippen LogP contribution is 2.49. The van der Waals surface area contributed by atoms with Gasteiger partial charge in [0.15, 0.2) is 0 Å². The standard InChI is InChI=1S/C70H54B2N2/c1-43-35-45(3)67(46(4)36-43)71-59-27-13-15-29-63(59)73(55-25-17-23-51(39-55)49-19-9-7-10-20-49)69-57-33-32-54-42-62-70(58-34-31-53(41-61(69)71)65(57)66(54)58)74(56-26-18-24-52(40-56)50-21-11-8-12-22-50)64-30-16-14-28-60(64)72(62)68-47(5)37-44(2)38-48(68)6/h7-42H,1-6H3. The van der Waals surface area contributed by atoms with Gasteiger partial charge >= 0.3 is 0 Å². The van der Waals surface area contributed by atoms with Crippen LogP contribution in [-0.4, -0.2) is 13.4 Å². The van der Waals surface area contributed by atoms with Crippen LogP contribution in [0.25, 0.3) is 54.6 Å². The van der Waals surface area contributed by atoms with E-state index in [4.69, 9.17) is 0 Å². The molecule has 74 heavy (non-hydrogen) atoms. The van der Waals surface area contributed by atoms with Crippen LogP contribution in [0.3, 0.4) is 0 Å². The maximum Gasteiger partial charge on any atom is 0.247 e. The van der Waals surface area contributed by atoms with Crippen LogP contribution in [0.5, 0.6) is 0 Å². The molecule has 2 heterocycles. The lowest BCUT2D eigenvalue weighted by Gasteiger charge is -2.40. The van der Waals surface area contributed by atoms with Crippen LogP contribution < -0.4 is 42.6 Å². The summed E-state index contributed by atoms with van der Waals surface area (Å²) >= 11 is 0. The van der Waals surface area contributed by atoms with Gasteiger partial charge < -0.3 is 9.80 Å². The van der Waals surface area contributed by atoms with E-state index in [9.17, 15) is 0 Å². The summed E-state index contributed by atoms with van der Waals surface area (Å²) in [6, 6.07) is 82.7. The van der Waals surface area contributed by atoms with E-state index in [1.54, 1.807) is 0 Å². The Kier molecular flexibility index (Phi) is 10.1. The van der Waals surface area contributed by atoms with Crippen LogP contribution in [0, 0.1) is 41.5 Å². The lowest BCUT2D eigenvalue weighted by molar-refractivity contribution is 1.30. The van der Waals surface area contributed by atoms with E-state index in [0.29, 0.717) is 0 Å². The number of para-hydroxylation sites is 2. The molecule has 0 fully saturated rings. The summed E-state index contributed by atoms with van der Waals surface area (Å²) in [6.07, 6.45) is 0. The van der Waals surface area contributed by atoms with Crippen molar-refractivity contribution >= 4 is 113 Å². The first-order valence-electron chi connectivity index (χ1n) is 26.2. The number of nitrogens with zero attached hydrogens (tertiary/aromatic N) is 2. The topological polar surface area (TPSA) is 6.48 Å². The molecule has 0 amide bonds. The normalized spacial score (nSPS) is 12.9. The number of fused-ring (bicyclic) bond motifs is 6. The fraction of sp³-hybridized carbons (Fsp3) is 0.0857. The minimum Gasteiger partial charge on any atom is -0.311 e. The third-order valence-electron chi connectivity index (χ3n) is 16.4. The van der Waals surface area contributed by atoms with Crippen LogP contribution >= 0.6 is 0 Å². The molecule has 0 bridgehead atoms. The Balaban J connectivity index is 1.10. The Labute approximate surface area is 435 Å². The van der Waals surface area contributed by atoms with Crippen molar-refractivity contribution in [3.63, 3.8) is 0 Å². The van der Waals surface area contributed by atoms with Crippen molar-refractivity contribution in [3.05, 3.63) is 252 Å². The average molecular weight is 945 g/mol. The number of anilines is 6. The highest BCUT2D eigenvalue weighted by molar-refractivity contribution is 6.99. The van der Waals surface area contributed by atoms with Crippen molar-refractivity contribution in [1.29, 1.82) is 0 Å². The molecule has 0 unspecified atom stereocenters. The van der Waals surface area contributed by atoms with E-state index < -0.39 is 0 Å². The van der Waals surface area contributed by atoms with Crippen LogP contribution in [0.2, 0.25) is 0 Å². The molecule has 14 rings (SSSR count). The summed E-state index contributed by atoms with van der Waals surface area (Å²) in [4.78, 5) is 5.18. The molecule has 0 aromatic heterocycles. The highest BCUT2D eigenvalue weighted by atomic mass is 15.2. The predicted molar refractivity (Wildman–Crippen MR) is 321 cm³/mol. The average Bonchev–Trinajstić information content (AvgIpc) is 3.56. The number of rotatable bonds is 6. The van der Waals surface area contributed by atoms with E-state index in [0.717, 1.165) is 11.4 Å². The molecule has 0 N–H and O–H groups in total. The molecule has 350 valence electrons. The van der Waals surface area contributed by atoms with Crippen molar-refractivity contribution in [2.75, 3.05) is 9.80 Å². The Morgan fingerprint density at radius 1 is 0.297 bits per heavy atom. The fourth-order valence-electron chi connectivity index (χ4n) is 13.7. The monoisotopic (exact) mass is 944 g/mol. The Hall–Kier alpha value is -8.59. The largest absolute Gasteiger partial charge is 0.311 e. The van der Waals surface area contributed by atoms with Crippen molar-refractivity contribution in [2.45, 2.75) is 41.5 Å². The summed E-state index contributed by atoms with van der Waals surface area (Å²) in [5, 5.41) is 7.65. The van der Waals surface area contributed by atoms with Gasteiger partial charge in [0.05, 0.1) is 0 Å². The second kappa shape index (κ2) is 17.0. The summed E-state index contributed by atoms with van der Waals surface area (Å²) in [7, 11) is 0. The SMILES string of the molecule is Cc1cc(C)c(B2c3ccccc3N(c3cccc(-c4ccccc4)c3)c3c2cc2ccc4c5c(cc6ccc3c2c64)B(c2c(C)cc(C)cc2C)c2ccccc2N5c2cccc(-c3ccccc3)c2)c(C)c1. The van der Waals surface area contributed by atoms with E-state index >= 15 is 0 Å². The first-order chi connectivity index (χ1) is 36.2. The first-order valence-corrected chi connectivity index (χ1v) is 26.2. The molecule has 2 aliphatic heterocycles. The minimum absolute atomic E-state index is 0.0238. The maximum atomic E-state index is 2.59. The van der Waals surface area contributed by atoms with E-state index in [1.165, 1.54) is 143 Å². The molecule has 0 saturated carbocycles. The summed E-state index contributed by atoms with van der Waals surface area (Å²) in [5.74, 6) is 0. The fourth-order valence-corrected chi connectivity index (χ4v) is 13.7. The van der Waals surface area contributed by atoms with Gasteiger partial charge in [-0.1, -0.05) is 226 Å². The van der Waals surface area contributed by atoms with Gasteiger partial charge in [-0.05, 0) is 144 Å². The molecule has 0 saturated heterocycles. The molecule has 0 aliphatic carbocycles. The number of benzene rings is 12. The minimum atomic E-state index is 0.0238. The lowest BCUT2D eigenvalue weighted by Crippen LogP contribution is -2.59. The molecule has 2 nitrogen and oxygen atoms in total. The second-order valence-corrected chi connectivity index (χ2v) is 21.2. The third kappa shape index (κ3) is 6.74. The van der Waals surface area contributed by atoms with Crippen molar-refractivity contribution in [3.8, 4) is 22.3 Å². The zero-order chi connectivity index (χ0) is 49.9. The van der Waals surface area contributed by atoms with E-state index in [1.807, 2.05) is 0 Å². The van der Waals surface area contributed by atoms with Gasteiger partial charge in [-0.15, -0.1) is 0 Å². The number of aryl methyl sites for hydroxylation is 6. The molecule has 0 radical (unpaired) electrons. The molecule has 4 heteroatoms. The van der Waals surface area contributed by atoms with Crippen LogP contribution in [0.4, 0.5) is 34.1 Å². The molecule has 2 aliphatic rings. The van der Waals surface area contributed by atoms with E-state index in [2.05, 4.69) is 270 Å². The zero-order valence-electron chi connectivity index (χ0n) is 42.8. The van der Waals surface area contributed by atoms with Crippen molar-refractivity contribution in [1.82, 2.24) is 0 Å². The molecule has 12 aromatic carbocycles. The van der Waals surface area contributed by atoms with Gasteiger partial charge in [0.25, 0.3) is 0 Å². The number of hydrogen-bond donors (Lipinski definition) is 0. The smallest absolute Gasteiger partial charge is 0.247 e. The first kappa shape index (κ1) is 44.1. The van der Waals surface area contributed by atoms with Gasteiger partial charge in [-0.3, -0.25) is 0 Å². The predicted octanol–water partition coefficient (Wildman–Crippen LogP) is 14.4. The summed E-state index contributed by atoms with van der Waals surface area (Å²) < 4.78 is 0. The molecule has 12 aromatic rings. The van der Waals surface area contributed by atoms with Crippen molar-refractivity contribution < 1.29 is 0 Å². The Morgan fingerprint density at radius 3 is 1.07 bits per heavy atom. The van der Waals surface area contributed by atoms with Gasteiger partial charge in [0.2, 0.25) is 13.4 Å². The van der Waals surface area contributed by atoms with Gasteiger partial charge in [-0.25, -0.2) is 0 Å². The molecule has 0 atom stereocenters. The molecule has 0 spiro atoms. The van der Waals surface area contributed by atoms with Gasteiger partial charge in [0, 0.05) is 44.9 Å². The van der Waals surface area contributed by atoms with Crippen LogP contribution in [0.15, 0.2) is 218 Å². The Morgan fingerprint density at radius 2 is 0.662 bits per heavy atom. The lowest BCUT2D eigenvalue weighted by atomic mass is 9.33. The van der Waals surface area contributed by atoms with Crippen LogP contribution in [0.1, 0.15) is 33.4 Å². The Bertz CT molecular complexity index is 3910. The molecular formula is C70H54B2N2. The number of hydrogen-bond acceptors (Lipinski definition) is 2. The van der Waals surface area contributed by atoms with Gasteiger partial charge in [0.1, 0.15) is 0 Å². The van der Waals surface area contributed by atoms with Crippen molar-refractivity contribution in [2.24, 2.45) is 0 Å². The highest BCUT2D eigenvalue weighted by Gasteiger charge is 2.41. The maximum absolute atomic E-state index is 2.59. The quantitative estimate of drug-likeness (QED) is 0.121. The third-order valence-corrected chi connectivity index (χ3v) is 16.4. The van der Waals surface area contributed by atoms with Crippen LogP contribution in [-0.2, 0) is 0 Å². The summed E-state index contributed by atoms with van der Waals surface area (Å²) in [5.41, 5.74) is 28.0. The second-order valence-electron chi connectivity index (χ2n) is 21.2. The molecular weight excluding hydrogens is 890 g/mol. The van der Waals surface area contributed by atoms with E-state index in [-0.39, 0.29) is 13.4 Å².